The van der Waals surface area contributed by atoms with Crippen molar-refractivity contribution in [3.05, 3.63) is 52.0 Å². The van der Waals surface area contributed by atoms with Crippen molar-refractivity contribution in [1.29, 1.82) is 0 Å². The van der Waals surface area contributed by atoms with Gasteiger partial charge in [-0.1, -0.05) is 11.6 Å². The second-order valence-corrected chi connectivity index (χ2v) is 5.72. The molecule has 0 saturated heterocycles. The molecule has 0 bridgehead atoms. The van der Waals surface area contributed by atoms with Crippen LogP contribution in [0.25, 0.3) is 0 Å². The summed E-state index contributed by atoms with van der Waals surface area (Å²) in [6, 6.07) is 6.52. The summed E-state index contributed by atoms with van der Waals surface area (Å²) in [6.45, 7) is 0. The first kappa shape index (κ1) is 21.0. The first-order valence-corrected chi connectivity index (χ1v) is 8.17. The molecule has 0 spiro atoms. The van der Waals surface area contributed by atoms with Gasteiger partial charge in [0.25, 0.3) is 0 Å². The van der Waals surface area contributed by atoms with E-state index in [9.17, 15) is 14.4 Å². The lowest BCUT2D eigenvalue weighted by atomic mass is 10.1. The Hall–Kier alpha value is -3.26. The zero-order valence-corrected chi connectivity index (χ0v) is 16.3. The topological polar surface area (TPSA) is 97.4 Å². The predicted octanol–water partition coefficient (Wildman–Crippen LogP) is 3.15. The average molecular weight is 409 g/mol. The summed E-state index contributed by atoms with van der Waals surface area (Å²) in [7, 11) is 5.18. The SMILES string of the molecule is COC(=O)c1cc(OC(=O)c2cc(Cl)c(OC)c(OC)c2)cc(C(=O)OC)c1. The van der Waals surface area contributed by atoms with Gasteiger partial charge in [0.05, 0.1) is 50.2 Å². The number of esters is 3. The fourth-order valence-electron chi connectivity index (χ4n) is 2.33. The Kier molecular flexibility index (Phi) is 6.84. The van der Waals surface area contributed by atoms with Crippen LogP contribution >= 0.6 is 11.6 Å². The van der Waals surface area contributed by atoms with Gasteiger partial charge in [-0.2, -0.15) is 0 Å². The highest BCUT2D eigenvalue weighted by Gasteiger charge is 2.19. The Morgan fingerprint density at radius 3 is 1.71 bits per heavy atom. The fraction of sp³-hybridized carbons (Fsp3) is 0.211. The molecule has 0 fully saturated rings. The number of ether oxygens (including phenoxy) is 5. The van der Waals surface area contributed by atoms with E-state index in [1.165, 1.54) is 58.8 Å². The number of halogens is 1. The number of benzene rings is 2. The van der Waals surface area contributed by atoms with Crippen molar-refractivity contribution in [2.45, 2.75) is 0 Å². The van der Waals surface area contributed by atoms with Crippen LogP contribution in [0.1, 0.15) is 31.1 Å². The zero-order valence-electron chi connectivity index (χ0n) is 15.5. The van der Waals surface area contributed by atoms with Gasteiger partial charge in [0.15, 0.2) is 11.5 Å². The van der Waals surface area contributed by atoms with Crippen LogP contribution in [-0.2, 0) is 9.47 Å². The van der Waals surface area contributed by atoms with Crippen LogP contribution in [0.15, 0.2) is 30.3 Å². The molecule has 0 aliphatic rings. The van der Waals surface area contributed by atoms with Crippen molar-refractivity contribution in [2.24, 2.45) is 0 Å². The quantitative estimate of drug-likeness (QED) is 0.531. The molecule has 0 heterocycles. The van der Waals surface area contributed by atoms with E-state index in [4.69, 9.17) is 25.8 Å². The normalized spacial score (nSPS) is 10.0. The third kappa shape index (κ3) is 4.52. The molecule has 8 nitrogen and oxygen atoms in total. The monoisotopic (exact) mass is 408 g/mol. The molecule has 2 aromatic rings. The third-order valence-corrected chi connectivity index (χ3v) is 3.91. The molecular weight excluding hydrogens is 392 g/mol. The van der Waals surface area contributed by atoms with E-state index in [0.717, 1.165) is 0 Å². The van der Waals surface area contributed by atoms with Crippen LogP contribution in [0.3, 0.4) is 0 Å². The highest BCUT2D eigenvalue weighted by atomic mass is 35.5. The summed E-state index contributed by atoms with van der Waals surface area (Å²) >= 11 is 6.10. The molecule has 9 heteroatoms. The Morgan fingerprint density at radius 2 is 1.25 bits per heavy atom. The minimum atomic E-state index is -0.791. The molecule has 28 heavy (non-hydrogen) atoms. The summed E-state index contributed by atoms with van der Waals surface area (Å²) in [6.07, 6.45) is 0. The second-order valence-electron chi connectivity index (χ2n) is 5.31. The lowest BCUT2D eigenvalue weighted by molar-refractivity contribution is 0.0593. The third-order valence-electron chi connectivity index (χ3n) is 3.63. The number of rotatable bonds is 6. The molecule has 0 radical (unpaired) electrons. The van der Waals surface area contributed by atoms with E-state index in [0.29, 0.717) is 0 Å². The second kappa shape index (κ2) is 9.09. The Balaban J connectivity index is 2.41. The Labute approximate surface area is 165 Å². The molecule has 0 aliphatic carbocycles. The number of carbonyl (C=O) groups is 3. The number of carbonyl (C=O) groups excluding carboxylic acids is 3. The van der Waals surface area contributed by atoms with Gasteiger partial charge in [-0.05, 0) is 30.3 Å². The van der Waals surface area contributed by atoms with Crippen molar-refractivity contribution >= 4 is 29.5 Å². The highest BCUT2D eigenvalue weighted by molar-refractivity contribution is 6.32. The molecule has 0 saturated carbocycles. The molecule has 0 aromatic heterocycles. The van der Waals surface area contributed by atoms with Gasteiger partial charge >= 0.3 is 17.9 Å². The molecule has 148 valence electrons. The maximum Gasteiger partial charge on any atom is 0.343 e. The van der Waals surface area contributed by atoms with Gasteiger partial charge in [-0.15, -0.1) is 0 Å². The molecular formula is C19H17ClO8. The summed E-state index contributed by atoms with van der Waals surface area (Å²) in [5, 5.41) is 0.146. The largest absolute Gasteiger partial charge is 0.493 e. The van der Waals surface area contributed by atoms with Crippen LogP contribution in [0, 0.1) is 0 Å². The maximum atomic E-state index is 12.5. The van der Waals surface area contributed by atoms with Crippen molar-refractivity contribution in [3.8, 4) is 17.2 Å². The van der Waals surface area contributed by atoms with Crippen LogP contribution < -0.4 is 14.2 Å². The lowest BCUT2D eigenvalue weighted by Gasteiger charge is -2.12. The van der Waals surface area contributed by atoms with Gasteiger partial charge < -0.3 is 23.7 Å². The average Bonchev–Trinajstić information content (AvgIpc) is 2.71. The van der Waals surface area contributed by atoms with Crippen molar-refractivity contribution in [2.75, 3.05) is 28.4 Å². The first-order chi connectivity index (χ1) is 13.3. The summed E-state index contributed by atoms with van der Waals surface area (Å²) in [5.74, 6) is -1.77. The molecule has 0 aliphatic heterocycles. The van der Waals surface area contributed by atoms with E-state index in [2.05, 4.69) is 9.47 Å². The van der Waals surface area contributed by atoms with Crippen LogP contribution in [0.2, 0.25) is 5.02 Å². The van der Waals surface area contributed by atoms with E-state index in [1.54, 1.807) is 0 Å². The molecule has 2 rings (SSSR count). The van der Waals surface area contributed by atoms with E-state index < -0.39 is 17.9 Å². The standard InChI is InChI=1S/C19H17ClO8/c1-24-15-9-12(8-14(20)16(15)25-2)19(23)28-13-6-10(17(21)26-3)5-11(7-13)18(22)27-4/h5-9H,1-4H3. The van der Waals surface area contributed by atoms with Crippen LogP contribution in [0.4, 0.5) is 0 Å². The number of hydrogen-bond donors (Lipinski definition) is 0. The molecule has 2 aromatic carbocycles. The van der Waals surface area contributed by atoms with Gasteiger partial charge in [0.1, 0.15) is 5.75 Å². The minimum absolute atomic E-state index is 0.0125. The molecule has 0 atom stereocenters. The van der Waals surface area contributed by atoms with Crippen molar-refractivity contribution < 1.29 is 38.1 Å². The molecule has 0 unspecified atom stereocenters. The smallest absolute Gasteiger partial charge is 0.343 e. The summed E-state index contributed by atoms with van der Waals surface area (Å²) in [5.41, 5.74) is 0.0998. The van der Waals surface area contributed by atoms with Gasteiger partial charge in [-0.3, -0.25) is 0 Å². The van der Waals surface area contributed by atoms with E-state index in [1.807, 2.05) is 0 Å². The molecule has 0 N–H and O–H groups in total. The minimum Gasteiger partial charge on any atom is -0.493 e. The van der Waals surface area contributed by atoms with Crippen LogP contribution in [0.5, 0.6) is 17.2 Å². The van der Waals surface area contributed by atoms with Gasteiger partial charge in [0.2, 0.25) is 0 Å². The summed E-state index contributed by atoms with van der Waals surface area (Å²) < 4.78 is 24.8. The van der Waals surface area contributed by atoms with Crippen LogP contribution in [-0.4, -0.2) is 46.3 Å². The maximum absolute atomic E-state index is 12.5. The predicted molar refractivity (Wildman–Crippen MR) is 98.6 cm³/mol. The molecule has 0 amide bonds. The Bertz CT molecular complexity index is 888. The van der Waals surface area contributed by atoms with Gasteiger partial charge in [0, 0.05) is 0 Å². The van der Waals surface area contributed by atoms with Crippen molar-refractivity contribution in [1.82, 2.24) is 0 Å². The summed E-state index contributed by atoms with van der Waals surface area (Å²) in [4.78, 5) is 36.2. The number of hydrogen-bond acceptors (Lipinski definition) is 8. The van der Waals surface area contributed by atoms with E-state index in [-0.39, 0.29) is 39.0 Å². The zero-order chi connectivity index (χ0) is 20.8. The lowest BCUT2D eigenvalue weighted by Crippen LogP contribution is -2.12. The number of methoxy groups -OCH3 is 4. The highest BCUT2D eigenvalue weighted by Crippen LogP contribution is 2.36. The van der Waals surface area contributed by atoms with Crippen molar-refractivity contribution in [3.63, 3.8) is 0 Å². The first-order valence-electron chi connectivity index (χ1n) is 7.80. The fourth-order valence-corrected chi connectivity index (χ4v) is 2.62. The van der Waals surface area contributed by atoms with E-state index >= 15 is 0 Å². The van der Waals surface area contributed by atoms with Gasteiger partial charge in [-0.25, -0.2) is 14.4 Å². The Morgan fingerprint density at radius 1 is 0.714 bits per heavy atom.